The molecule has 3 unspecified atom stereocenters. The lowest BCUT2D eigenvalue weighted by Gasteiger charge is -2.38. The zero-order valence-electron chi connectivity index (χ0n) is 13.4. The van der Waals surface area contributed by atoms with Crippen LogP contribution in [0, 0.1) is 5.92 Å². The largest absolute Gasteiger partial charge is 0.354 e. The van der Waals surface area contributed by atoms with Crippen LogP contribution in [-0.4, -0.2) is 24.1 Å². The first-order valence-corrected chi connectivity index (χ1v) is 8.07. The van der Waals surface area contributed by atoms with Gasteiger partial charge in [-0.05, 0) is 63.3 Å². The van der Waals surface area contributed by atoms with Gasteiger partial charge >= 0.3 is 0 Å². The minimum atomic E-state index is 0.397. The number of piperidine rings is 1. The number of rotatable bonds is 5. The molecular weight excluding hydrogens is 246 g/mol. The van der Waals surface area contributed by atoms with Crippen LogP contribution >= 0.6 is 0 Å². The molecule has 0 radical (unpaired) electrons. The monoisotopic (exact) mass is 275 g/mol. The van der Waals surface area contributed by atoms with Crippen LogP contribution in [0.25, 0.3) is 0 Å². The number of hydrogen-bond donors (Lipinski definition) is 1. The molecule has 1 N–H and O–H groups in total. The molecule has 1 aromatic heterocycles. The van der Waals surface area contributed by atoms with E-state index in [9.17, 15) is 0 Å². The molecule has 1 aliphatic rings. The van der Waals surface area contributed by atoms with E-state index in [-0.39, 0.29) is 0 Å². The standard InChI is InChI=1S/C17H29N3/c1-5-9-18-15(4)16-8-10-19-17(11-16)20-12-13(2)6-7-14(20)3/h8,10-11,13-15,18H,5-7,9,12H2,1-4H3. The van der Waals surface area contributed by atoms with Crippen LogP contribution in [0.5, 0.6) is 0 Å². The molecule has 0 aliphatic carbocycles. The van der Waals surface area contributed by atoms with Crippen molar-refractivity contribution in [1.29, 1.82) is 0 Å². The summed E-state index contributed by atoms with van der Waals surface area (Å²) in [6.45, 7) is 11.3. The third kappa shape index (κ3) is 3.72. The Morgan fingerprint density at radius 2 is 2.20 bits per heavy atom. The van der Waals surface area contributed by atoms with E-state index >= 15 is 0 Å². The van der Waals surface area contributed by atoms with Crippen LogP contribution in [0.2, 0.25) is 0 Å². The summed E-state index contributed by atoms with van der Waals surface area (Å²) < 4.78 is 0. The van der Waals surface area contributed by atoms with Gasteiger partial charge in [0.15, 0.2) is 0 Å². The minimum absolute atomic E-state index is 0.397. The maximum absolute atomic E-state index is 4.61. The van der Waals surface area contributed by atoms with E-state index in [1.54, 1.807) is 0 Å². The Kier molecular flexibility index (Phi) is 5.41. The van der Waals surface area contributed by atoms with Gasteiger partial charge in [0.2, 0.25) is 0 Å². The molecule has 20 heavy (non-hydrogen) atoms. The second kappa shape index (κ2) is 7.07. The van der Waals surface area contributed by atoms with Crippen molar-refractivity contribution in [2.24, 2.45) is 5.92 Å². The average Bonchev–Trinajstić information content (AvgIpc) is 2.47. The predicted octanol–water partition coefficient (Wildman–Crippen LogP) is 3.77. The molecule has 2 heterocycles. The van der Waals surface area contributed by atoms with Gasteiger partial charge in [-0.25, -0.2) is 4.98 Å². The molecule has 1 aliphatic heterocycles. The molecule has 3 heteroatoms. The molecule has 3 atom stereocenters. The molecule has 112 valence electrons. The van der Waals surface area contributed by atoms with Crippen molar-refractivity contribution in [3.05, 3.63) is 23.9 Å². The number of pyridine rings is 1. The third-order valence-electron chi connectivity index (χ3n) is 4.38. The third-order valence-corrected chi connectivity index (χ3v) is 4.38. The van der Waals surface area contributed by atoms with E-state index in [0.717, 1.165) is 24.8 Å². The van der Waals surface area contributed by atoms with Crippen LogP contribution in [0.3, 0.4) is 0 Å². The highest BCUT2D eigenvalue weighted by molar-refractivity contribution is 5.43. The van der Waals surface area contributed by atoms with Crippen molar-refractivity contribution >= 4 is 5.82 Å². The molecule has 1 fully saturated rings. The summed E-state index contributed by atoms with van der Waals surface area (Å²) in [7, 11) is 0. The SMILES string of the molecule is CCCNC(C)c1ccnc(N2CC(C)CCC2C)c1. The molecule has 3 nitrogen and oxygen atoms in total. The second-order valence-electron chi connectivity index (χ2n) is 6.31. The second-order valence-corrected chi connectivity index (χ2v) is 6.31. The van der Waals surface area contributed by atoms with Gasteiger partial charge in [0.1, 0.15) is 5.82 Å². The van der Waals surface area contributed by atoms with E-state index in [1.807, 2.05) is 6.20 Å². The number of nitrogens with zero attached hydrogens (tertiary/aromatic N) is 2. The van der Waals surface area contributed by atoms with Gasteiger partial charge in [0.25, 0.3) is 0 Å². The number of aromatic nitrogens is 1. The van der Waals surface area contributed by atoms with Crippen molar-refractivity contribution in [2.75, 3.05) is 18.0 Å². The first-order chi connectivity index (χ1) is 9.61. The summed E-state index contributed by atoms with van der Waals surface area (Å²) in [5.74, 6) is 1.92. The summed E-state index contributed by atoms with van der Waals surface area (Å²) in [6.07, 6.45) is 5.74. The Labute approximate surface area is 123 Å². The quantitative estimate of drug-likeness (QED) is 0.886. The van der Waals surface area contributed by atoms with Gasteiger partial charge in [0.05, 0.1) is 0 Å². The van der Waals surface area contributed by atoms with Crippen molar-refractivity contribution in [3.8, 4) is 0 Å². The first kappa shape index (κ1) is 15.3. The number of hydrogen-bond acceptors (Lipinski definition) is 3. The van der Waals surface area contributed by atoms with Gasteiger partial charge in [-0.3, -0.25) is 0 Å². The lowest BCUT2D eigenvalue weighted by Crippen LogP contribution is -2.41. The van der Waals surface area contributed by atoms with Crippen LogP contribution in [0.4, 0.5) is 5.82 Å². The van der Waals surface area contributed by atoms with Crippen molar-refractivity contribution in [1.82, 2.24) is 10.3 Å². The van der Waals surface area contributed by atoms with Crippen molar-refractivity contribution in [2.45, 2.75) is 59.0 Å². The molecule has 1 aromatic rings. The first-order valence-electron chi connectivity index (χ1n) is 8.07. The lowest BCUT2D eigenvalue weighted by molar-refractivity contribution is 0.388. The van der Waals surface area contributed by atoms with Crippen LogP contribution < -0.4 is 10.2 Å². The topological polar surface area (TPSA) is 28.2 Å². The maximum Gasteiger partial charge on any atom is 0.129 e. The molecule has 1 saturated heterocycles. The maximum atomic E-state index is 4.61. The van der Waals surface area contributed by atoms with Crippen LogP contribution in [0.15, 0.2) is 18.3 Å². The summed E-state index contributed by atoms with van der Waals surface area (Å²) in [6, 6.07) is 5.40. The normalized spacial score (nSPS) is 24.7. The summed E-state index contributed by atoms with van der Waals surface area (Å²) >= 11 is 0. The van der Waals surface area contributed by atoms with Gasteiger partial charge in [-0.1, -0.05) is 13.8 Å². The zero-order chi connectivity index (χ0) is 14.5. The molecule has 0 amide bonds. The van der Waals surface area contributed by atoms with E-state index in [2.05, 4.69) is 55.0 Å². The lowest BCUT2D eigenvalue weighted by atomic mass is 9.95. The molecule has 0 aromatic carbocycles. The average molecular weight is 275 g/mol. The fraction of sp³-hybridized carbons (Fsp3) is 0.706. The number of anilines is 1. The molecule has 0 saturated carbocycles. The van der Waals surface area contributed by atoms with Gasteiger partial charge < -0.3 is 10.2 Å². The Balaban J connectivity index is 2.12. The molecule has 2 rings (SSSR count). The Morgan fingerprint density at radius 1 is 1.40 bits per heavy atom. The summed E-state index contributed by atoms with van der Waals surface area (Å²) in [5, 5.41) is 3.55. The molecule has 0 spiro atoms. The zero-order valence-corrected chi connectivity index (χ0v) is 13.4. The fourth-order valence-electron chi connectivity index (χ4n) is 2.95. The number of nitrogens with one attached hydrogen (secondary N) is 1. The fourth-order valence-corrected chi connectivity index (χ4v) is 2.95. The van der Waals surface area contributed by atoms with Crippen LogP contribution in [-0.2, 0) is 0 Å². The summed E-state index contributed by atoms with van der Waals surface area (Å²) in [5.41, 5.74) is 1.34. The Morgan fingerprint density at radius 3 is 2.95 bits per heavy atom. The highest BCUT2D eigenvalue weighted by Gasteiger charge is 2.24. The summed E-state index contributed by atoms with van der Waals surface area (Å²) in [4.78, 5) is 7.09. The van der Waals surface area contributed by atoms with Gasteiger partial charge in [-0.2, -0.15) is 0 Å². The predicted molar refractivity (Wildman–Crippen MR) is 86.2 cm³/mol. The van der Waals surface area contributed by atoms with Crippen LogP contribution in [0.1, 0.15) is 58.6 Å². The van der Waals surface area contributed by atoms with Gasteiger partial charge in [0, 0.05) is 24.8 Å². The Hall–Kier alpha value is -1.09. The molecule has 0 bridgehead atoms. The van der Waals surface area contributed by atoms with Crippen molar-refractivity contribution in [3.63, 3.8) is 0 Å². The highest BCUT2D eigenvalue weighted by Crippen LogP contribution is 2.27. The Bertz CT molecular complexity index is 418. The van der Waals surface area contributed by atoms with E-state index in [1.165, 1.54) is 24.8 Å². The van der Waals surface area contributed by atoms with E-state index in [4.69, 9.17) is 0 Å². The van der Waals surface area contributed by atoms with Crippen molar-refractivity contribution < 1.29 is 0 Å². The minimum Gasteiger partial charge on any atom is -0.354 e. The highest BCUT2D eigenvalue weighted by atomic mass is 15.2. The van der Waals surface area contributed by atoms with E-state index in [0.29, 0.717) is 12.1 Å². The van der Waals surface area contributed by atoms with Gasteiger partial charge in [-0.15, -0.1) is 0 Å². The smallest absolute Gasteiger partial charge is 0.129 e. The van der Waals surface area contributed by atoms with E-state index < -0.39 is 0 Å². The molecular formula is C17H29N3.